The first-order valence-corrected chi connectivity index (χ1v) is 6.12. The fourth-order valence-corrected chi connectivity index (χ4v) is 2.37. The SMILES string of the molecule is CC(C)(C)c1nnsc1C(=O)N1CC(O)CO1. The van der Waals surface area contributed by atoms with Gasteiger partial charge in [0.15, 0.2) is 0 Å². The lowest BCUT2D eigenvalue weighted by molar-refractivity contribution is -0.0778. The number of hydrogen-bond donors (Lipinski definition) is 1. The molecule has 1 unspecified atom stereocenters. The number of amides is 1. The van der Waals surface area contributed by atoms with Gasteiger partial charge in [0, 0.05) is 5.41 Å². The Hall–Kier alpha value is -1.05. The van der Waals surface area contributed by atoms with Gasteiger partial charge in [-0.1, -0.05) is 25.3 Å². The zero-order valence-corrected chi connectivity index (χ0v) is 10.8. The quantitative estimate of drug-likeness (QED) is 0.796. The first-order valence-electron chi connectivity index (χ1n) is 5.35. The van der Waals surface area contributed by atoms with E-state index in [0.717, 1.165) is 11.5 Å². The fraction of sp³-hybridized carbons (Fsp3) is 0.700. The highest BCUT2D eigenvalue weighted by Gasteiger charge is 2.33. The summed E-state index contributed by atoms with van der Waals surface area (Å²) in [5.41, 5.74) is 0.425. The lowest BCUT2D eigenvalue weighted by atomic mass is 9.91. The summed E-state index contributed by atoms with van der Waals surface area (Å²) in [7, 11) is 0. The van der Waals surface area contributed by atoms with E-state index in [-0.39, 0.29) is 24.5 Å². The highest BCUT2D eigenvalue weighted by Crippen LogP contribution is 2.27. The van der Waals surface area contributed by atoms with Gasteiger partial charge in [0.2, 0.25) is 0 Å². The van der Waals surface area contributed by atoms with Crippen molar-refractivity contribution in [3.05, 3.63) is 10.6 Å². The van der Waals surface area contributed by atoms with Gasteiger partial charge in [-0.2, -0.15) is 0 Å². The number of rotatable bonds is 1. The molecule has 94 valence electrons. The minimum absolute atomic E-state index is 0.156. The van der Waals surface area contributed by atoms with Gasteiger partial charge in [0.05, 0.1) is 12.2 Å². The van der Waals surface area contributed by atoms with Crippen LogP contribution in [0.5, 0.6) is 0 Å². The molecule has 0 spiro atoms. The smallest absolute Gasteiger partial charge is 0.291 e. The second kappa shape index (κ2) is 4.32. The van der Waals surface area contributed by atoms with Crippen LogP contribution in [-0.4, -0.2) is 44.9 Å². The van der Waals surface area contributed by atoms with E-state index in [1.54, 1.807) is 0 Å². The Balaban J connectivity index is 2.23. The molecule has 0 aliphatic carbocycles. The number of carbonyl (C=O) groups is 1. The Bertz CT molecular complexity index is 427. The highest BCUT2D eigenvalue weighted by molar-refractivity contribution is 7.08. The Morgan fingerprint density at radius 1 is 1.59 bits per heavy atom. The molecule has 1 aromatic heterocycles. The van der Waals surface area contributed by atoms with Crippen LogP contribution in [0.1, 0.15) is 36.1 Å². The molecule has 7 heteroatoms. The summed E-state index contributed by atoms with van der Waals surface area (Å²) in [6.45, 7) is 6.27. The van der Waals surface area contributed by atoms with Crippen LogP contribution in [0.4, 0.5) is 0 Å². The van der Waals surface area contributed by atoms with Crippen LogP contribution >= 0.6 is 11.5 Å². The van der Waals surface area contributed by atoms with E-state index in [2.05, 4.69) is 9.59 Å². The van der Waals surface area contributed by atoms with E-state index >= 15 is 0 Å². The van der Waals surface area contributed by atoms with Gasteiger partial charge >= 0.3 is 0 Å². The van der Waals surface area contributed by atoms with E-state index in [1.165, 1.54) is 5.06 Å². The van der Waals surface area contributed by atoms with Gasteiger partial charge in [-0.05, 0) is 11.5 Å². The van der Waals surface area contributed by atoms with Gasteiger partial charge < -0.3 is 5.11 Å². The number of aliphatic hydroxyl groups is 1. The molecule has 1 aliphatic heterocycles. The molecule has 1 amide bonds. The summed E-state index contributed by atoms with van der Waals surface area (Å²) in [6.07, 6.45) is -0.613. The van der Waals surface area contributed by atoms with E-state index < -0.39 is 6.10 Å². The second-order valence-electron chi connectivity index (χ2n) is 5.02. The predicted molar refractivity (Wildman–Crippen MR) is 61.6 cm³/mol. The summed E-state index contributed by atoms with van der Waals surface area (Å²) in [5, 5.41) is 14.5. The zero-order valence-electron chi connectivity index (χ0n) is 10.0. The fourth-order valence-electron chi connectivity index (χ4n) is 1.55. The molecule has 1 aromatic rings. The maximum Gasteiger partial charge on any atom is 0.291 e. The number of aliphatic hydroxyl groups excluding tert-OH is 1. The van der Waals surface area contributed by atoms with Gasteiger partial charge in [-0.15, -0.1) is 5.10 Å². The third-order valence-electron chi connectivity index (χ3n) is 2.42. The Morgan fingerprint density at radius 2 is 2.29 bits per heavy atom. The number of nitrogens with zero attached hydrogens (tertiary/aromatic N) is 3. The van der Waals surface area contributed by atoms with E-state index in [0.29, 0.717) is 10.6 Å². The van der Waals surface area contributed by atoms with Crippen LogP contribution in [0.2, 0.25) is 0 Å². The molecule has 6 nitrogen and oxygen atoms in total. The first-order chi connectivity index (χ1) is 7.89. The standard InChI is InChI=1S/C10H15N3O3S/c1-10(2,3)8-7(17-12-11-8)9(15)13-4-6(14)5-16-13/h6,14H,4-5H2,1-3H3. The van der Waals surface area contributed by atoms with E-state index in [1.807, 2.05) is 20.8 Å². The number of hydroxylamine groups is 2. The topological polar surface area (TPSA) is 75.6 Å². The van der Waals surface area contributed by atoms with Gasteiger partial charge in [-0.3, -0.25) is 9.63 Å². The highest BCUT2D eigenvalue weighted by atomic mass is 32.1. The zero-order chi connectivity index (χ0) is 12.6. The Labute approximate surface area is 103 Å². The van der Waals surface area contributed by atoms with Gasteiger partial charge in [-0.25, -0.2) is 5.06 Å². The van der Waals surface area contributed by atoms with Crippen LogP contribution in [0.15, 0.2) is 0 Å². The van der Waals surface area contributed by atoms with Gasteiger partial charge in [0.1, 0.15) is 17.6 Å². The Kier molecular flexibility index (Phi) is 3.15. The molecule has 1 saturated heterocycles. The molecule has 0 bridgehead atoms. The molecule has 1 aliphatic rings. The van der Waals surface area contributed by atoms with Crippen LogP contribution in [-0.2, 0) is 10.3 Å². The van der Waals surface area contributed by atoms with Crippen molar-refractivity contribution in [2.75, 3.05) is 13.2 Å². The lowest BCUT2D eigenvalue weighted by Gasteiger charge is -2.18. The number of aromatic nitrogens is 2. The molecule has 17 heavy (non-hydrogen) atoms. The maximum absolute atomic E-state index is 12.1. The molecule has 1 fully saturated rings. The van der Waals surface area contributed by atoms with Crippen molar-refractivity contribution in [1.29, 1.82) is 0 Å². The normalized spacial score (nSPS) is 20.9. The van der Waals surface area contributed by atoms with Crippen molar-refractivity contribution in [3.63, 3.8) is 0 Å². The molecule has 2 rings (SSSR count). The number of carbonyl (C=O) groups excluding carboxylic acids is 1. The minimum Gasteiger partial charge on any atom is -0.389 e. The predicted octanol–water partition coefficient (Wildman–Crippen LogP) is 0.584. The molecule has 2 heterocycles. The number of β-amino-alcohol motifs (C(OH)–C–C–N with tert-alkyl or cyclic N) is 1. The molecule has 0 radical (unpaired) electrons. The van der Waals surface area contributed by atoms with Crippen molar-refractivity contribution in [3.8, 4) is 0 Å². The molecule has 1 N–H and O–H groups in total. The third-order valence-corrected chi connectivity index (χ3v) is 3.13. The lowest BCUT2D eigenvalue weighted by Crippen LogP contribution is -2.30. The minimum atomic E-state index is -0.613. The molecular formula is C10H15N3O3S. The van der Waals surface area contributed by atoms with Crippen molar-refractivity contribution < 1.29 is 14.7 Å². The maximum atomic E-state index is 12.1. The summed E-state index contributed by atoms with van der Waals surface area (Å²) in [6, 6.07) is 0. The van der Waals surface area contributed by atoms with E-state index in [9.17, 15) is 9.90 Å². The van der Waals surface area contributed by atoms with Gasteiger partial charge in [0.25, 0.3) is 5.91 Å². The average molecular weight is 257 g/mol. The molecule has 0 aromatic carbocycles. The Morgan fingerprint density at radius 3 is 2.82 bits per heavy atom. The molecule has 1 atom stereocenters. The summed E-state index contributed by atoms with van der Waals surface area (Å²) in [5.74, 6) is -0.276. The monoisotopic (exact) mass is 257 g/mol. The van der Waals surface area contributed by atoms with Crippen molar-refractivity contribution >= 4 is 17.4 Å². The second-order valence-corrected chi connectivity index (χ2v) is 5.77. The van der Waals surface area contributed by atoms with Crippen molar-refractivity contribution in [2.24, 2.45) is 0 Å². The first kappa shape index (κ1) is 12.4. The van der Waals surface area contributed by atoms with Crippen LogP contribution < -0.4 is 0 Å². The van der Waals surface area contributed by atoms with E-state index in [4.69, 9.17) is 4.84 Å². The molecule has 0 saturated carbocycles. The van der Waals surface area contributed by atoms with Crippen molar-refractivity contribution in [2.45, 2.75) is 32.3 Å². The van der Waals surface area contributed by atoms with Crippen LogP contribution in [0.3, 0.4) is 0 Å². The van der Waals surface area contributed by atoms with Crippen LogP contribution in [0.25, 0.3) is 0 Å². The third kappa shape index (κ3) is 2.46. The average Bonchev–Trinajstić information content (AvgIpc) is 2.83. The number of hydrogen-bond acceptors (Lipinski definition) is 6. The largest absolute Gasteiger partial charge is 0.389 e. The summed E-state index contributed by atoms with van der Waals surface area (Å²) in [4.78, 5) is 17.7. The van der Waals surface area contributed by atoms with Crippen molar-refractivity contribution in [1.82, 2.24) is 14.7 Å². The summed E-state index contributed by atoms with van der Waals surface area (Å²) < 4.78 is 3.83. The summed E-state index contributed by atoms with van der Waals surface area (Å²) >= 11 is 1.06. The van der Waals surface area contributed by atoms with Crippen LogP contribution in [0, 0.1) is 0 Å². The molecular weight excluding hydrogens is 242 g/mol.